The molecule has 0 unspecified atom stereocenters. The molecular weight excluding hydrogens is 164 g/mol. The molecule has 0 atom stereocenters. The Morgan fingerprint density at radius 2 is 1.92 bits per heavy atom. The molecule has 5 nitrogen and oxygen atoms in total. The molecule has 0 aromatic carbocycles. The zero-order chi connectivity index (χ0) is 9.23. The molecular formula is C7H14O5. The molecule has 0 radical (unpaired) electrons. The van der Waals surface area contributed by atoms with E-state index in [1.807, 2.05) is 0 Å². The Labute approximate surface area is 70.9 Å². The van der Waals surface area contributed by atoms with Gasteiger partial charge in [-0.1, -0.05) is 0 Å². The van der Waals surface area contributed by atoms with Gasteiger partial charge in [0.1, 0.15) is 6.79 Å². The SMILES string of the molecule is O=C(O)CCOCOCCCO. The number of aliphatic carboxylic acids is 1. The van der Waals surface area contributed by atoms with Crippen LogP contribution in [0.15, 0.2) is 0 Å². The van der Waals surface area contributed by atoms with Crippen molar-refractivity contribution in [1.29, 1.82) is 0 Å². The summed E-state index contributed by atoms with van der Waals surface area (Å²) in [6.45, 7) is 0.778. The smallest absolute Gasteiger partial charge is 0.305 e. The van der Waals surface area contributed by atoms with Gasteiger partial charge in [0.25, 0.3) is 0 Å². The second kappa shape index (κ2) is 8.45. The van der Waals surface area contributed by atoms with E-state index >= 15 is 0 Å². The summed E-state index contributed by atoms with van der Waals surface area (Å²) >= 11 is 0. The van der Waals surface area contributed by atoms with Crippen LogP contribution in [0.4, 0.5) is 0 Å². The number of carboxylic acid groups (broad SMARTS) is 1. The molecule has 0 aliphatic carbocycles. The Bertz CT molecular complexity index is 114. The van der Waals surface area contributed by atoms with E-state index in [4.69, 9.17) is 19.7 Å². The Morgan fingerprint density at radius 1 is 1.25 bits per heavy atom. The second-order valence-corrected chi connectivity index (χ2v) is 2.16. The van der Waals surface area contributed by atoms with Crippen LogP contribution in [0.1, 0.15) is 12.8 Å². The summed E-state index contributed by atoms with van der Waals surface area (Å²) in [5.74, 6) is -0.884. The molecule has 0 aromatic rings. The minimum atomic E-state index is -0.884. The molecule has 0 spiro atoms. The molecule has 0 amide bonds. The van der Waals surface area contributed by atoms with Gasteiger partial charge in [-0.3, -0.25) is 4.79 Å². The third-order valence-electron chi connectivity index (χ3n) is 1.07. The predicted octanol–water partition coefficient (Wildman–Crippen LogP) is -0.166. The summed E-state index contributed by atoms with van der Waals surface area (Å²) < 4.78 is 9.69. The summed E-state index contributed by atoms with van der Waals surface area (Å²) in [5.41, 5.74) is 0. The number of aliphatic hydroxyl groups excluding tert-OH is 1. The lowest BCUT2D eigenvalue weighted by Gasteiger charge is -2.02. The van der Waals surface area contributed by atoms with Crippen molar-refractivity contribution in [3.8, 4) is 0 Å². The normalized spacial score (nSPS) is 10.1. The van der Waals surface area contributed by atoms with Gasteiger partial charge in [-0.05, 0) is 6.42 Å². The van der Waals surface area contributed by atoms with Crippen molar-refractivity contribution in [2.24, 2.45) is 0 Å². The monoisotopic (exact) mass is 178 g/mol. The highest BCUT2D eigenvalue weighted by Gasteiger charge is 1.95. The molecule has 12 heavy (non-hydrogen) atoms. The molecule has 0 heterocycles. The third-order valence-corrected chi connectivity index (χ3v) is 1.07. The van der Waals surface area contributed by atoms with Crippen LogP contribution in [0.3, 0.4) is 0 Å². The van der Waals surface area contributed by atoms with Crippen LogP contribution < -0.4 is 0 Å². The predicted molar refractivity (Wildman–Crippen MR) is 40.7 cm³/mol. The average Bonchev–Trinajstić information content (AvgIpc) is 2.02. The van der Waals surface area contributed by atoms with Crippen LogP contribution in [-0.2, 0) is 14.3 Å². The lowest BCUT2D eigenvalue weighted by Crippen LogP contribution is -2.07. The molecule has 0 aliphatic rings. The molecule has 0 fully saturated rings. The van der Waals surface area contributed by atoms with Gasteiger partial charge in [0, 0.05) is 6.61 Å². The number of aliphatic hydroxyl groups is 1. The number of hydrogen-bond donors (Lipinski definition) is 2. The van der Waals surface area contributed by atoms with Crippen LogP contribution in [0.5, 0.6) is 0 Å². The molecule has 0 saturated heterocycles. The van der Waals surface area contributed by atoms with E-state index in [2.05, 4.69) is 0 Å². The van der Waals surface area contributed by atoms with Crippen LogP contribution in [-0.4, -0.2) is 42.8 Å². The molecule has 5 heteroatoms. The highest BCUT2D eigenvalue weighted by molar-refractivity contribution is 5.66. The topological polar surface area (TPSA) is 76.0 Å². The number of carboxylic acids is 1. The first kappa shape index (κ1) is 11.4. The molecule has 2 N–H and O–H groups in total. The van der Waals surface area contributed by atoms with Crippen molar-refractivity contribution < 1.29 is 24.5 Å². The zero-order valence-corrected chi connectivity index (χ0v) is 6.86. The lowest BCUT2D eigenvalue weighted by atomic mass is 10.5. The van der Waals surface area contributed by atoms with Crippen molar-refractivity contribution in [2.45, 2.75) is 12.8 Å². The highest BCUT2D eigenvalue weighted by Crippen LogP contribution is 1.85. The summed E-state index contributed by atoms with van der Waals surface area (Å²) in [6.07, 6.45) is 0.561. The van der Waals surface area contributed by atoms with Gasteiger partial charge >= 0.3 is 5.97 Å². The van der Waals surface area contributed by atoms with Gasteiger partial charge in [-0.25, -0.2) is 0 Å². The van der Waals surface area contributed by atoms with Gasteiger partial charge in [-0.2, -0.15) is 0 Å². The number of hydrogen-bond acceptors (Lipinski definition) is 4. The van der Waals surface area contributed by atoms with E-state index in [1.165, 1.54) is 0 Å². The van der Waals surface area contributed by atoms with Crippen molar-refractivity contribution in [3.05, 3.63) is 0 Å². The maximum absolute atomic E-state index is 9.98. The van der Waals surface area contributed by atoms with Gasteiger partial charge < -0.3 is 19.7 Å². The van der Waals surface area contributed by atoms with Crippen molar-refractivity contribution >= 4 is 5.97 Å². The van der Waals surface area contributed by atoms with Gasteiger partial charge in [0.15, 0.2) is 0 Å². The summed E-state index contributed by atoms with van der Waals surface area (Å²) in [7, 11) is 0. The summed E-state index contributed by atoms with van der Waals surface area (Å²) in [4.78, 5) is 9.98. The fourth-order valence-corrected chi connectivity index (χ4v) is 0.503. The van der Waals surface area contributed by atoms with E-state index in [9.17, 15) is 4.79 Å². The molecule has 0 aromatic heterocycles. The Balaban J connectivity index is 2.86. The Hall–Kier alpha value is -0.650. The van der Waals surface area contributed by atoms with Crippen molar-refractivity contribution in [3.63, 3.8) is 0 Å². The van der Waals surface area contributed by atoms with Crippen molar-refractivity contribution in [1.82, 2.24) is 0 Å². The van der Waals surface area contributed by atoms with Crippen LogP contribution >= 0.6 is 0 Å². The molecule has 0 saturated carbocycles. The lowest BCUT2D eigenvalue weighted by molar-refractivity contribution is -0.139. The Morgan fingerprint density at radius 3 is 2.50 bits per heavy atom. The first-order chi connectivity index (χ1) is 5.77. The number of carbonyl (C=O) groups is 1. The van der Waals surface area contributed by atoms with Gasteiger partial charge in [0.2, 0.25) is 0 Å². The van der Waals surface area contributed by atoms with Crippen LogP contribution in [0.25, 0.3) is 0 Å². The maximum Gasteiger partial charge on any atom is 0.305 e. The molecule has 0 bridgehead atoms. The number of ether oxygens (including phenoxy) is 2. The third kappa shape index (κ3) is 9.35. The van der Waals surface area contributed by atoms with Gasteiger partial charge in [0.05, 0.1) is 19.6 Å². The first-order valence-electron chi connectivity index (χ1n) is 3.75. The average molecular weight is 178 g/mol. The van der Waals surface area contributed by atoms with Crippen molar-refractivity contribution in [2.75, 3.05) is 26.6 Å². The quantitative estimate of drug-likeness (QED) is 0.399. The molecule has 0 rings (SSSR count). The van der Waals surface area contributed by atoms with Crippen LogP contribution in [0, 0.1) is 0 Å². The maximum atomic E-state index is 9.98. The number of rotatable bonds is 8. The van der Waals surface area contributed by atoms with Crippen LogP contribution in [0.2, 0.25) is 0 Å². The van der Waals surface area contributed by atoms with E-state index < -0.39 is 5.97 Å². The molecule has 0 aliphatic heterocycles. The second-order valence-electron chi connectivity index (χ2n) is 2.16. The fourth-order valence-electron chi connectivity index (χ4n) is 0.503. The van der Waals surface area contributed by atoms with E-state index in [1.54, 1.807) is 0 Å². The largest absolute Gasteiger partial charge is 0.481 e. The minimum Gasteiger partial charge on any atom is -0.481 e. The first-order valence-corrected chi connectivity index (χ1v) is 3.75. The summed E-state index contributed by atoms with van der Waals surface area (Å²) in [6, 6.07) is 0. The fraction of sp³-hybridized carbons (Fsp3) is 0.857. The zero-order valence-electron chi connectivity index (χ0n) is 6.86. The minimum absolute atomic E-state index is 0.0106. The molecule has 72 valence electrons. The van der Waals surface area contributed by atoms with E-state index in [-0.39, 0.29) is 26.4 Å². The Kier molecular flexibility index (Phi) is 7.99. The highest BCUT2D eigenvalue weighted by atomic mass is 16.7. The van der Waals surface area contributed by atoms with E-state index in [0.717, 1.165) is 0 Å². The van der Waals surface area contributed by atoms with Gasteiger partial charge in [-0.15, -0.1) is 0 Å². The standard InChI is InChI=1S/C7H14O5/c8-3-1-4-11-6-12-5-2-7(9)10/h8H,1-6H2,(H,9,10). The van der Waals surface area contributed by atoms with E-state index in [0.29, 0.717) is 13.0 Å². The summed E-state index contributed by atoms with van der Waals surface area (Å²) in [5, 5.41) is 16.5.